The minimum Gasteiger partial charge on any atom is -0.469 e. The van der Waals surface area contributed by atoms with Crippen molar-refractivity contribution in [1.82, 2.24) is 56.0 Å². The van der Waals surface area contributed by atoms with Gasteiger partial charge in [0, 0.05) is 78.3 Å². The van der Waals surface area contributed by atoms with Crippen molar-refractivity contribution in [2.75, 3.05) is 60.6 Å². The van der Waals surface area contributed by atoms with Gasteiger partial charge in [-0.3, -0.25) is 4.79 Å². The molecule has 2 amide bonds. The zero-order chi connectivity index (χ0) is 73.7. The van der Waals surface area contributed by atoms with E-state index in [1.54, 1.807) is 68.7 Å². The molecule has 28 heteroatoms. The molecule has 0 unspecified atom stereocenters. The number of furan rings is 1. The third kappa shape index (κ3) is 26.4. The fraction of sp³-hybridized carbons (Fsp3) is 0.392. The van der Waals surface area contributed by atoms with Crippen molar-refractivity contribution in [1.29, 1.82) is 5.26 Å². The molecule has 8 heterocycles. The number of rotatable bonds is 28. The molecule has 107 heavy (non-hydrogen) atoms. The predicted molar refractivity (Wildman–Crippen MR) is 438 cm³/mol. The first-order valence-corrected chi connectivity index (χ1v) is 43.5. The van der Waals surface area contributed by atoms with Crippen molar-refractivity contribution in [2.24, 2.45) is 11.8 Å². The number of aryl methyl sites for hydroxylation is 4. The zero-order valence-electron chi connectivity index (χ0n) is 59.8. The lowest BCUT2D eigenvalue weighted by atomic mass is 9.99. The molecule has 11 aromatic rings. The first-order chi connectivity index (χ1) is 51.8. The average molecular weight is 1610 g/mol. The molecule has 1 saturated carbocycles. The van der Waals surface area contributed by atoms with E-state index in [0.29, 0.717) is 72.3 Å². The molecule has 19 nitrogen and oxygen atoms in total. The summed E-state index contributed by atoms with van der Waals surface area (Å²) in [6.07, 6.45) is 13.9. The van der Waals surface area contributed by atoms with Gasteiger partial charge in [-0.15, -0.1) is 63.9 Å². The molecule has 3 aliphatic rings. The quantitative estimate of drug-likeness (QED) is 0.0354. The van der Waals surface area contributed by atoms with Crippen molar-refractivity contribution in [3.63, 3.8) is 0 Å². The molecule has 1 N–H and O–H groups in total. The van der Waals surface area contributed by atoms with Crippen molar-refractivity contribution < 1.29 is 27.6 Å². The van der Waals surface area contributed by atoms with Gasteiger partial charge in [0.1, 0.15) is 17.4 Å². The predicted octanol–water partition coefficient (Wildman–Crippen LogP) is 20.6. The molecular formula is C79H90ClN13O6S8. The lowest BCUT2D eigenvalue weighted by Gasteiger charge is -2.30. The summed E-state index contributed by atoms with van der Waals surface area (Å²) in [6.45, 7) is 13.0. The van der Waals surface area contributed by atoms with Crippen LogP contribution in [0.15, 0.2) is 182 Å². The molecule has 0 bridgehead atoms. The van der Waals surface area contributed by atoms with Crippen molar-refractivity contribution >= 4 is 122 Å². The number of likely N-dealkylation sites (tertiary alicyclic amines) is 1. The highest BCUT2D eigenvalue weighted by Crippen LogP contribution is 2.35. The number of nitrogens with one attached hydrogen (secondary N) is 1. The number of ether oxygens (including phenoxy) is 1. The summed E-state index contributed by atoms with van der Waals surface area (Å²) in [5.74, 6) is 8.00. The Morgan fingerprint density at radius 2 is 1.38 bits per heavy atom. The summed E-state index contributed by atoms with van der Waals surface area (Å²) in [5, 5.41) is 53.1. The van der Waals surface area contributed by atoms with E-state index < -0.39 is 0 Å². The number of hydrogen-bond acceptors (Lipinski definition) is 25. The Bertz CT molecular complexity index is 4500. The van der Waals surface area contributed by atoms with Gasteiger partial charge in [-0.1, -0.05) is 225 Å². The maximum atomic E-state index is 12.3. The number of benzene rings is 5. The van der Waals surface area contributed by atoms with Crippen molar-refractivity contribution in [3.05, 3.63) is 205 Å². The van der Waals surface area contributed by atoms with Gasteiger partial charge in [0.25, 0.3) is 16.3 Å². The first-order valence-electron chi connectivity index (χ1n) is 35.7. The molecule has 0 radical (unpaired) electrons. The molecule has 0 spiro atoms. The van der Waals surface area contributed by atoms with Gasteiger partial charge in [-0.25, -0.2) is 9.78 Å². The van der Waals surface area contributed by atoms with Gasteiger partial charge in [0.2, 0.25) is 16.9 Å². The van der Waals surface area contributed by atoms with Crippen LogP contribution in [-0.2, 0) is 41.2 Å². The summed E-state index contributed by atoms with van der Waals surface area (Å²) in [7, 11) is 0. The Kier molecular flexibility index (Phi) is 33.4. The van der Waals surface area contributed by atoms with Crippen LogP contribution in [0.2, 0.25) is 5.02 Å². The van der Waals surface area contributed by atoms with Gasteiger partial charge in [0.05, 0.1) is 45.6 Å². The molecule has 6 aromatic heterocycles. The molecule has 1 aliphatic carbocycles. The topological polar surface area (TPSA) is 241 Å². The molecule has 2 saturated heterocycles. The van der Waals surface area contributed by atoms with Crippen LogP contribution in [0, 0.1) is 37.0 Å². The number of halogens is 1. The number of carbonyl (C=O) groups excluding carboxylic acids is 2. The minimum absolute atomic E-state index is 0. The second kappa shape index (κ2) is 43.6. The summed E-state index contributed by atoms with van der Waals surface area (Å²) in [4.78, 5) is 34.0. The number of thioether (sulfide) groups is 5. The van der Waals surface area contributed by atoms with E-state index in [0.717, 1.165) is 155 Å². The fourth-order valence-corrected chi connectivity index (χ4v) is 19.0. The summed E-state index contributed by atoms with van der Waals surface area (Å²) in [6, 6.07) is 46.5. The Balaban J connectivity index is 0.000000153. The Morgan fingerprint density at radius 1 is 0.682 bits per heavy atom. The van der Waals surface area contributed by atoms with E-state index in [4.69, 9.17) is 29.6 Å². The van der Waals surface area contributed by atoms with Crippen LogP contribution in [0.4, 0.5) is 9.93 Å². The molecule has 3 fully saturated rings. The third-order valence-corrected chi connectivity index (χ3v) is 26.3. The van der Waals surface area contributed by atoms with Crippen LogP contribution in [0.1, 0.15) is 140 Å². The van der Waals surface area contributed by atoms with Crippen LogP contribution in [0.25, 0.3) is 22.6 Å². The first kappa shape index (κ1) is 82.0. The second-order valence-electron chi connectivity index (χ2n) is 25.7. The summed E-state index contributed by atoms with van der Waals surface area (Å²) < 4.78 is 24.2. The Labute approximate surface area is 665 Å². The van der Waals surface area contributed by atoms with Crippen LogP contribution in [0.3, 0.4) is 0 Å². The third-order valence-electron chi connectivity index (χ3n) is 17.6. The van der Waals surface area contributed by atoms with Crippen molar-refractivity contribution in [3.8, 4) is 28.7 Å². The largest absolute Gasteiger partial charge is 0.469 e. The normalized spacial score (nSPS) is 13.6. The van der Waals surface area contributed by atoms with Crippen LogP contribution >= 0.6 is 104 Å². The smallest absolute Gasteiger partial charge is 0.410 e. The lowest BCUT2D eigenvalue weighted by molar-refractivity contribution is -0.124. The number of amides is 2. The average Bonchev–Trinajstić information content (AvgIpc) is 1.46. The maximum Gasteiger partial charge on any atom is 0.410 e. The molecule has 5 aromatic carbocycles. The molecule has 562 valence electrons. The molecule has 0 atom stereocenters. The van der Waals surface area contributed by atoms with Crippen LogP contribution < -0.4 is 10.2 Å². The number of thiazole rings is 1. The number of aromatic nitrogens is 9. The maximum absolute atomic E-state index is 12.3. The van der Waals surface area contributed by atoms with Gasteiger partial charge in [-0.05, 0) is 140 Å². The van der Waals surface area contributed by atoms with E-state index in [2.05, 4.69) is 118 Å². The highest BCUT2D eigenvalue weighted by Gasteiger charge is 2.26. The van der Waals surface area contributed by atoms with E-state index >= 15 is 0 Å². The summed E-state index contributed by atoms with van der Waals surface area (Å²) >= 11 is 19.6. The highest BCUT2D eigenvalue weighted by molar-refractivity contribution is 8.01. The number of nitriles is 1. The van der Waals surface area contributed by atoms with Crippen LogP contribution in [0.5, 0.6) is 0 Å². The number of anilines is 1. The monoisotopic (exact) mass is 1610 g/mol. The standard InChI is InChI=1S/C21H16N4OS2.C21H23N3O4S.C21H29N3OS2.C15H18ClN3S3.CH4/c1-14-23-18(13-27-14)10-20-24-25-21(26-20)28-12-15-6-8-16(9-7-15)19-5-3-2-4-17(19)11-22;1-15-18(9-12-26-15)19-22-23-20(28-19)29-14-17-7-10-24(11-8-17)21(25)27-13-16-5-3-2-4-6-16;1-15(2)17-10-7-16(8-11-17)9-12-19-23-24-21(27-19)26-14-13-22-20(25)18-5-3-4-6-18;16-12-6-1-2-7-13(12)20-10-5-11-21-15-18-17-14(22-15)19-8-3-4-9-19;/h2-9,13H,10,12H2,1H3;2-6,9,12,17H,7-8,10-11,13-14H2,1H3;7-8,10-11,15,18H,3-6,9,12-14H2,1-2H3,(H,22,25);1-2,6-7H,3-5,8-11H2;1H4. The summed E-state index contributed by atoms with van der Waals surface area (Å²) in [5.41, 5.74) is 9.31. The number of carbonyl (C=O) groups is 2. The molecule has 14 rings (SSSR count). The van der Waals surface area contributed by atoms with E-state index in [9.17, 15) is 14.9 Å². The second-order valence-corrected chi connectivity index (χ2v) is 34.9. The number of piperidine rings is 1. The van der Waals surface area contributed by atoms with Gasteiger partial charge < -0.3 is 33.1 Å². The fourth-order valence-electron chi connectivity index (χ4n) is 11.7. The van der Waals surface area contributed by atoms with Gasteiger partial charge >= 0.3 is 6.09 Å². The molecular weight excluding hydrogens is 1520 g/mol. The Hall–Kier alpha value is -7.52. The Morgan fingerprint density at radius 3 is 2.12 bits per heavy atom. The van der Waals surface area contributed by atoms with Gasteiger partial charge in [-0.2, -0.15) is 5.26 Å². The highest BCUT2D eigenvalue weighted by atomic mass is 35.5. The zero-order valence-corrected chi connectivity index (χ0v) is 67.1. The van der Waals surface area contributed by atoms with E-state index in [-0.39, 0.29) is 25.3 Å². The van der Waals surface area contributed by atoms with Gasteiger partial charge in [0.15, 0.2) is 8.68 Å². The lowest BCUT2D eigenvalue weighted by Crippen LogP contribution is -2.39. The SMILES string of the molecule is C.CC(C)c1ccc(CCc2nnc(SCCNC(=O)C3CCCC3)s2)cc1.Cc1nc(Cc2nnc(SCc3ccc(-c4ccccc4C#N)cc3)o2)cs1.Cc1occc1-c1nnc(SCC2CCN(C(=O)OCc3ccccc3)CC2)o1.Clc1ccccc1SCCCSc1nnc(N2CCCC2)s1. The molecule has 2 aliphatic heterocycles. The number of nitrogens with zero attached hydrogens (tertiary/aromatic N) is 12. The van der Waals surface area contributed by atoms with Crippen molar-refractivity contribution in [2.45, 2.75) is 154 Å². The van der Waals surface area contributed by atoms with E-state index in [1.807, 2.05) is 134 Å². The number of hydrogen-bond donors (Lipinski definition) is 1. The van der Waals surface area contributed by atoms with Crippen LogP contribution in [-0.4, -0.2) is 118 Å². The minimum atomic E-state index is -0.239. The van der Waals surface area contributed by atoms with E-state index in [1.165, 1.54) is 53.5 Å².